The number of ether oxygens (including phenoxy) is 2. The van der Waals surface area contributed by atoms with E-state index in [1.807, 2.05) is 6.07 Å². The lowest BCUT2D eigenvalue weighted by atomic mass is 10.0. The number of likely N-dealkylation sites (tertiary alicyclic amines) is 1. The van der Waals surface area contributed by atoms with Gasteiger partial charge in [0.25, 0.3) is 5.91 Å². The minimum atomic E-state index is -0.458. The number of amides is 3. The second-order valence-electron chi connectivity index (χ2n) is 9.37. The number of urea groups is 1. The topological polar surface area (TPSA) is 138 Å². The summed E-state index contributed by atoms with van der Waals surface area (Å²) in [5, 5.41) is 12.6. The lowest BCUT2D eigenvalue weighted by Gasteiger charge is -2.29. The largest absolute Gasteiger partial charge is 0.380 e. The number of aldehydes is 1. The summed E-state index contributed by atoms with van der Waals surface area (Å²) in [5.41, 5.74) is 2.14. The minimum absolute atomic E-state index is 0.101. The smallest absolute Gasteiger partial charge is 0.328 e. The van der Waals surface area contributed by atoms with Crippen molar-refractivity contribution >= 4 is 41.6 Å². The van der Waals surface area contributed by atoms with Crippen LogP contribution in [0.5, 0.6) is 0 Å². The number of rotatable bonds is 7. The highest BCUT2D eigenvalue weighted by atomic mass is 32.2. The Morgan fingerprint density at radius 2 is 2.24 bits per heavy atom. The number of aromatic nitrogens is 2. The van der Waals surface area contributed by atoms with E-state index in [0.29, 0.717) is 68.2 Å². The number of hydrogen-bond donors (Lipinski definition) is 1. The molecule has 3 aliphatic heterocycles. The summed E-state index contributed by atoms with van der Waals surface area (Å²) in [5.74, 6) is 0.652. The van der Waals surface area contributed by atoms with Crippen molar-refractivity contribution in [3.8, 4) is 6.07 Å². The van der Waals surface area contributed by atoms with Crippen LogP contribution in [-0.4, -0.2) is 77.9 Å². The van der Waals surface area contributed by atoms with Gasteiger partial charge in [-0.05, 0) is 37.0 Å². The predicted octanol–water partition coefficient (Wildman–Crippen LogP) is 2.77. The molecule has 2 atom stereocenters. The number of carbonyl (C=O) groups excluding carboxylic acids is 3. The third-order valence-electron chi connectivity index (χ3n) is 6.93. The zero-order valence-corrected chi connectivity index (χ0v) is 21.8. The second-order valence-corrected chi connectivity index (χ2v) is 10.7. The number of nitriles is 1. The molecular formula is C26H28N6O5S. The van der Waals surface area contributed by atoms with Crippen molar-refractivity contribution in [2.24, 2.45) is 0 Å². The van der Waals surface area contributed by atoms with E-state index in [1.165, 1.54) is 18.2 Å². The third-order valence-corrected chi connectivity index (χ3v) is 8.23. The number of thioether (sulfide) groups is 1. The van der Waals surface area contributed by atoms with E-state index in [-0.39, 0.29) is 23.4 Å². The quantitative estimate of drug-likeness (QED) is 0.529. The number of aryl methyl sites for hydroxylation is 1. The van der Waals surface area contributed by atoms with Gasteiger partial charge in [-0.3, -0.25) is 19.8 Å². The first kappa shape index (κ1) is 26.1. The van der Waals surface area contributed by atoms with Gasteiger partial charge in [0.1, 0.15) is 29.5 Å². The Labute approximate surface area is 224 Å². The predicted molar refractivity (Wildman–Crippen MR) is 139 cm³/mol. The summed E-state index contributed by atoms with van der Waals surface area (Å²) in [4.78, 5) is 50.5. The van der Waals surface area contributed by atoms with Crippen molar-refractivity contribution in [2.75, 3.05) is 43.6 Å². The molecule has 0 aromatic carbocycles. The van der Waals surface area contributed by atoms with E-state index in [1.54, 1.807) is 22.7 Å². The Morgan fingerprint density at radius 1 is 1.37 bits per heavy atom. The highest BCUT2D eigenvalue weighted by Crippen LogP contribution is 2.33. The molecule has 12 heteroatoms. The van der Waals surface area contributed by atoms with Crippen LogP contribution in [0.25, 0.3) is 0 Å². The van der Waals surface area contributed by atoms with Gasteiger partial charge in [-0.15, -0.1) is 11.8 Å². The van der Waals surface area contributed by atoms with Crippen molar-refractivity contribution in [3.05, 3.63) is 40.7 Å². The molecule has 2 fully saturated rings. The number of anilines is 2. The maximum atomic E-state index is 13.3. The molecule has 198 valence electrons. The van der Waals surface area contributed by atoms with E-state index in [2.05, 4.69) is 21.4 Å². The van der Waals surface area contributed by atoms with Crippen molar-refractivity contribution in [3.63, 3.8) is 0 Å². The molecule has 38 heavy (non-hydrogen) atoms. The first-order chi connectivity index (χ1) is 18.5. The first-order valence-electron chi connectivity index (χ1n) is 12.5. The number of methoxy groups -OCH3 is 1. The maximum Gasteiger partial charge on any atom is 0.328 e. The van der Waals surface area contributed by atoms with Crippen LogP contribution in [0, 0.1) is 11.3 Å². The first-order valence-corrected chi connectivity index (χ1v) is 13.4. The van der Waals surface area contributed by atoms with Gasteiger partial charge in [-0.25, -0.2) is 14.8 Å². The average molecular weight is 537 g/mol. The Hall–Kier alpha value is -3.53. The zero-order chi connectivity index (χ0) is 26.6. The van der Waals surface area contributed by atoms with Crippen LogP contribution in [0.4, 0.5) is 16.4 Å². The highest BCUT2D eigenvalue weighted by Gasteiger charge is 2.33. The number of hydrogen-bond acceptors (Lipinski definition) is 9. The summed E-state index contributed by atoms with van der Waals surface area (Å²) in [7, 11) is 1.51. The monoisotopic (exact) mass is 536 g/mol. The van der Waals surface area contributed by atoms with Crippen molar-refractivity contribution in [2.45, 2.75) is 48.5 Å². The fourth-order valence-corrected chi connectivity index (χ4v) is 6.07. The molecule has 5 rings (SSSR count). The van der Waals surface area contributed by atoms with Gasteiger partial charge in [0.15, 0.2) is 6.29 Å². The zero-order valence-electron chi connectivity index (χ0n) is 21.0. The molecule has 11 nitrogen and oxygen atoms in total. The molecule has 5 heterocycles. The molecule has 2 saturated heterocycles. The summed E-state index contributed by atoms with van der Waals surface area (Å²) in [6.45, 7) is 2.56. The molecule has 1 N–H and O–H groups in total. The van der Waals surface area contributed by atoms with E-state index in [9.17, 15) is 19.6 Å². The second kappa shape index (κ2) is 11.5. The van der Waals surface area contributed by atoms with Crippen molar-refractivity contribution in [1.82, 2.24) is 14.9 Å². The van der Waals surface area contributed by atoms with Crippen LogP contribution >= 0.6 is 11.8 Å². The molecule has 0 bridgehead atoms. The summed E-state index contributed by atoms with van der Waals surface area (Å²) in [6.07, 6.45) is 4.59. The van der Waals surface area contributed by atoms with Gasteiger partial charge in [0.05, 0.1) is 12.2 Å². The summed E-state index contributed by atoms with van der Waals surface area (Å²) < 4.78 is 10.7. The van der Waals surface area contributed by atoms with E-state index in [4.69, 9.17) is 9.47 Å². The standard InChI is InChI=1S/C26H28N6O5S/c1-36-21-4-7-31(25(21)34)13-17-9-16-3-2-6-32(24(16)29-20(17)14-33)26(35)30-23-10-22(18(11-27)12-28-23)38-19-5-8-37-15-19/h9-10,12,14,19,21H,2-8,13,15H2,1H3,(H,28,30,35)/t19-,21-/m0/s1. The van der Waals surface area contributed by atoms with Gasteiger partial charge < -0.3 is 14.4 Å². The van der Waals surface area contributed by atoms with Crippen LogP contribution in [0.2, 0.25) is 0 Å². The lowest BCUT2D eigenvalue weighted by Crippen LogP contribution is -2.40. The maximum absolute atomic E-state index is 13.3. The summed E-state index contributed by atoms with van der Waals surface area (Å²) in [6, 6.07) is 5.32. The van der Waals surface area contributed by atoms with Crippen LogP contribution < -0.4 is 10.2 Å². The molecule has 0 unspecified atom stereocenters. The van der Waals surface area contributed by atoms with E-state index >= 15 is 0 Å². The SMILES string of the molecule is CO[C@H]1CCN(Cc2cc3c(nc2C=O)N(C(=O)Nc2cc(S[C@H]4CCOC4)c(C#N)cn2)CCC3)C1=O. The van der Waals surface area contributed by atoms with Crippen LogP contribution in [0.3, 0.4) is 0 Å². The van der Waals surface area contributed by atoms with Gasteiger partial charge in [-0.1, -0.05) is 0 Å². The Bertz CT molecular complexity index is 1290. The Balaban J connectivity index is 1.34. The van der Waals surface area contributed by atoms with E-state index < -0.39 is 12.1 Å². The van der Waals surface area contributed by atoms with Crippen molar-refractivity contribution in [1.29, 1.82) is 5.26 Å². The van der Waals surface area contributed by atoms with Gasteiger partial charge >= 0.3 is 6.03 Å². The van der Waals surface area contributed by atoms with Gasteiger partial charge in [-0.2, -0.15) is 5.26 Å². The fourth-order valence-electron chi connectivity index (χ4n) is 4.92. The molecule has 0 saturated carbocycles. The van der Waals surface area contributed by atoms with Crippen LogP contribution in [-0.2, 0) is 27.2 Å². The fraction of sp³-hybridized carbons (Fsp3) is 0.462. The minimum Gasteiger partial charge on any atom is -0.380 e. The number of carbonyl (C=O) groups is 3. The normalized spacial score (nSPS) is 20.8. The molecule has 0 aliphatic carbocycles. The molecule has 2 aromatic heterocycles. The number of nitrogens with zero attached hydrogens (tertiary/aromatic N) is 5. The molecule has 3 aliphatic rings. The molecule has 0 radical (unpaired) electrons. The average Bonchev–Trinajstić information content (AvgIpc) is 3.57. The lowest BCUT2D eigenvalue weighted by molar-refractivity contribution is -0.136. The molecular weight excluding hydrogens is 508 g/mol. The van der Waals surface area contributed by atoms with Crippen molar-refractivity contribution < 1.29 is 23.9 Å². The van der Waals surface area contributed by atoms with Gasteiger partial charge in [0, 0.05) is 61.7 Å². The number of fused-ring (bicyclic) bond motifs is 1. The molecule has 2 aromatic rings. The molecule has 0 spiro atoms. The Kier molecular flexibility index (Phi) is 7.87. The van der Waals surface area contributed by atoms with E-state index in [0.717, 1.165) is 23.3 Å². The number of nitrogens with one attached hydrogen (secondary N) is 1. The third kappa shape index (κ3) is 5.36. The summed E-state index contributed by atoms with van der Waals surface area (Å²) >= 11 is 1.55. The Morgan fingerprint density at radius 3 is 2.95 bits per heavy atom. The molecule has 3 amide bonds. The number of pyridine rings is 2. The van der Waals surface area contributed by atoms with Crippen LogP contribution in [0.15, 0.2) is 23.2 Å². The van der Waals surface area contributed by atoms with Crippen LogP contribution in [0.1, 0.15) is 46.4 Å². The van der Waals surface area contributed by atoms with Gasteiger partial charge in [0.2, 0.25) is 0 Å². The highest BCUT2D eigenvalue weighted by molar-refractivity contribution is 8.00.